The van der Waals surface area contributed by atoms with E-state index in [1.54, 1.807) is 12.1 Å². The second-order valence-electron chi connectivity index (χ2n) is 6.26. The molecular formula is C19H24FN3O. The van der Waals surface area contributed by atoms with E-state index in [0.717, 1.165) is 16.8 Å². The Balaban J connectivity index is 1.89. The van der Waals surface area contributed by atoms with Crippen molar-refractivity contribution in [2.45, 2.75) is 13.5 Å². The van der Waals surface area contributed by atoms with Crippen LogP contribution < -0.4 is 10.2 Å². The zero-order chi connectivity index (χ0) is 17.7. The first-order valence-corrected chi connectivity index (χ1v) is 7.86. The third-order valence-corrected chi connectivity index (χ3v) is 3.72. The molecule has 0 aliphatic rings. The van der Waals surface area contributed by atoms with Gasteiger partial charge in [0, 0.05) is 26.3 Å². The van der Waals surface area contributed by atoms with Crippen LogP contribution in [0, 0.1) is 12.7 Å². The van der Waals surface area contributed by atoms with E-state index in [-0.39, 0.29) is 18.1 Å². The molecule has 1 amide bonds. The third kappa shape index (κ3) is 5.06. The molecule has 0 aromatic heterocycles. The Bertz CT molecular complexity index is 698. The van der Waals surface area contributed by atoms with Gasteiger partial charge in [-0.15, -0.1) is 0 Å². The molecule has 0 saturated heterocycles. The molecule has 0 heterocycles. The van der Waals surface area contributed by atoms with E-state index >= 15 is 0 Å². The molecule has 4 nitrogen and oxygen atoms in total. The number of likely N-dealkylation sites (N-methyl/N-ethyl adjacent to an activating group) is 1. The largest absolute Gasteiger partial charge is 0.378 e. The molecule has 0 radical (unpaired) electrons. The van der Waals surface area contributed by atoms with Gasteiger partial charge in [-0.2, -0.15) is 0 Å². The zero-order valence-corrected chi connectivity index (χ0v) is 14.6. The molecule has 5 heteroatoms. The summed E-state index contributed by atoms with van der Waals surface area (Å²) in [4.78, 5) is 16.0. The lowest BCUT2D eigenvalue weighted by Crippen LogP contribution is -2.30. The molecule has 0 fully saturated rings. The smallest absolute Gasteiger partial charge is 0.238 e. The lowest BCUT2D eigenvalue weighted by Gasteiger charge is -2.18. The van der Waals surface area contributed by atoms with Gasteiger partial charge in [-0.25, -0.2) is 4.39 Å². The lowest BCUT2D eigenvalue weighted by molar-refractivity contribution is -0.117. The first-order valence-electron chi connectivity index (χ1n) is 7.86. The molecule has 128 valence electrons. The molecular weight excluding hydrogens is 305 g/mol. The third-order valence-electron chi connectivity index (χ3n) is 3.72. The molecule has 0 spiro atoms. The number of carbonyl (C=O) groups is 1. The van der Waals surface area contributed by atoms with Gasteiger partial charge in [0.2, 0.25) is 5.91 Å². The minimum absolute atomic E-state index is 0.197. The van der Waals surface area contributed by atoms with Crippen molar-refractivity contribution < 1.29 is 9.18 Å². The molecule has 2 aromatic carbocycles. The fourth-order valence-corrected chi connectivity index (χ4v) is 2.42. The number of hydrogen-bond acceptors (Lipinski definition) is 3. The van der Waals surface area contributed by atoms with Crippen LogP contribution in [0.1, 0.15) is 11.1 Å². The lowest BCUT2D eigenvalue weighted by atomic mass is 10.2. The minimum atomic E-state index is -0.412. The van der Waals surface area contributed by atoms with Crippen LogP contribution in [0.3, 0.4) is 0 Å². The van der Waals surface area contributed by atoms with Gasteiger partial charge in [0.25, 0.3) is 0 Å². The Labute approximate surface area is 142 Å². The fraction of sp³-hybridized carbons (Fsp3) is 0.316. The monoisotopic (exact) mass is 329 g/mol. The molecule has 0 atom stereocenters. The number of rotatable bonds is 6. The quantitative estimate of drug-likeness (QED) is 0.883. The van der Waals surface area contributed by atoms with Crippen LogP contribution in [-0.2, 0) is 11.3 Å². The molecule has 24 heavy (non-hydrogen) atoms. The summed E-state index contributed by atoms with van der Waals surface area (Å²) in [6.45, 7) is 2.66. The van der Waals surface area contributed by atoms with Crippen molar-refractivity contribution in [3.05, 3.63) is 59.4 Å². The van der Waals surface area contributed by atoms with Crippen molar-refractivity contribution in [2.24, 2.45) is 0 Å². The number of carbonyl (C=O) groups excluding carboxylic acids is 1. The van der Waals surface area contributed by atoms with Crippen molar-refractivity contribution in [1.82, 2.24) is 4.90 Å². The predicted octanol–water partition coefficient (Wildman–Crippen LogP) is 3.27. The van der Waals surface area contributed by atoms with Gasteiger partial charge in [0.05, 0.1) is 12.2 Å². The SMILES string of the molecule is Cc1ccc(NC(=O)CN(C)Cc2ccc(N(C)C)cc2)c(F)c1. The van der Waals surface area contributed by atoms with E-state index < -0.39 is 5.82 Å². The number of anilines is 2. The first-order chi connectivity index (χ1) is 11.3. The first kappa shape index (κ1) is 17.9. The molecule has 0 bridgehead atoms. The fourth-order valence-electron chi connectivity index (χ4n) is 2.42. The summed E-state index contributed by atoms with van der Waals surface area (Å²) >= 11 is 0. The number of aryl methyl sites for hydroxylation is 1. The maximum absolute atomic E-state index is 13.8. The summed E-state index contributed by atoms with van der Waals surface area (Å²) < 4.78 is 13.8. The Kier molecular flexibility index (Phi) is 5.93. The van der Waals surface area contributed by atoms with Crippen LogP contribution in [0.2, 0.25) is 0 Å². The topological polar surface area (TPSA) is 35.6 Å². The molecule has 2 aromatic rings. The number of amides is 1. The van der Waals surface area contributed by atoms with Crippen molar-refractivity contribution >= 4 is 17.3 Å². The summed E-state index contributed by atoms with van der Waals surface area (Å²) in [7, 11) is 5.86. The van der Waals surface area contributed by atoms with Crippen LogP contribution in [0.25, 0.3) is 0 Å². The van der Waals surface area contributed by atoms with E-state index in [1.165, 1.54) is 6.07 Å². The highest BCUT2D eigenvalue weighted by Gasteiger charge is 2.10. The number of hydrogen-bond donors (Lipinski definition) is 1. The Morgan fingerprint density at radius 1 is 1.08 bits per heavy atom. The van der Waals surface area contributed by atoms with Crippen LogP contribution in [0.15, 0.2) is 42.5 Å². The Morgan fingerprint density at radius 3 is 2.33 bits per heavy atom. The molecule has 0 aliphatic carbocycles. The van der Waals surface area contributed by atoms with E-state index in [4.69, 9.17) is 0 Å². The molecule has 0 aliphatic heterocycles. The van der Waals surface area contributed by atoms with Crippen molar-refractivity contribution in [1.29, 1.82) is 0 Å². The molecule has 0 unspecified atom stereocenters. The maximum atomic E-state index is 13.8. The van der Waals surface area contributed by atoms with Crippen molar-refractivity contribution in [3.8, 4) is 0 Å². The van der Waals surface area contributed by atoms with Gasteiger partial charge in [-0.05, 0) is 49.4 Å². The normalized spacial score (nSPS) is 10.8. The summed E-state index contributed by atoms with van der Waals surface area (Å²) in [5.74, 6) is -0.643. The van der Waals surface area contributed by atoms with E-state index in [0.29, 0.717) is 6.54 Å². The van der Waals surface area contributed by atoms with Gasteiger partial charge >= 0.3 is 0 Å². The second-order valence-corrected chi connectivity index (χ2v) is 6.26. The number of benzene rings is 2. The average Bonchev–Trinajstić information content (AvgIpc) is 2.50. The summed E-state index contributed by atoms with van der Waals surface area (Å²) in [6, 6.07) is 12.9. The Hall–Kier alpha value is -2.40. The van der Waals surface area contributed by atoms with Crippen LogP contribution in [0.5, 0.6) is 0 Å². The second kappa shape index (κ2) is 7.93. The minimum Gasteiger partial charge on any atom is -0.378 e. The number of nitrogens with zero attached hydrogens (tertiary/aromatic N) is 2. The van der Waals surface area contributed by atoms with Crippen LogP contribution >= 0.6 is 0 Å². The van der Waals surface area contributed by atoms with Gasteiger partial charge in [0.1, 0.15) is 5.82 Å². The highest BCUT2D eigenvalue weighted by Crippen LogP contribution is 2.16. The van der Waals surface area contributed by atoms with Gasteiger partial charge in [0.15, 0.2) is 0 Å². The summed E-state index contributed by atoms with van der Waals surface area (Å²) in [5, 5.41) is 2.62. The van der Waals surface area contributed by atoms with Crippen LogP contribution in [0.4, 0.5) is 15.8 Å². The summed E-state index contributed by atoms with van der Waals surface area (Å²) in [6.07, 6.45) is 0. The zero-order valence-electron chi connectivity index (χ0n) is 14.6. The Morgan fingerprint density at radius 2 is 1.75 bits per heavy atom. The van der Waals surface area contributed by atoms with E-state index in [2.05, 4.69) is 5.32 Å². The van der Waals surface area contributed by atoms with Crippen molar-refractivity contribution in [3.63, 3.8) is 0 Å². The highest BCUT2D eigenvalue weighted by atomic mass is 19.1. The number of halogens is 1. The molecule has 2 rings (SSSR count). The van der Waals surface area contributed by atoms with E-state index in [1.807, 2.05) is 62.1 Å². The van der Waals surface area contributed by atoms with Gasteiger partial charge in [-0.3, -0.25) is 9.69 Å². The maximum Gasteiger partial charge on any atom is 0.238 e. The van der Waals surface area contributed by atoms with Crippen LogP contribution in [-0.4, -0.2) is 38.5 Å². The molecule has 1 N–H and O–H groups in total. The highest BCUT2D eigenvalue weighted by molar-refractivity contribution is 5.92. The summed E-state index contributed by atoms with van der Waals surface area (Å²) in [5.41, 5.74) is 3.30. The molecule has 0 saturated carbocycles. The standard InChI is InChI=1S/C19H24FN3O/c1-14-5-10-18(17(20)11-14)21-19(24)13-23(4)12-15-6-8-16(9-7-15)22(2)3/h5-11H,12-13H2,1-4H3,(H,21,24). The van der Waals surface area contributed by atoms with E-state index in [9.17, 15) is 9.18 Å². The van der Waals surface area contributed by atoms with Gasteiger partial charge < -0.3 is 10.2 Å². The van der Waals surface area contributed by atoms with Gasteiger partial charge in [-0.1, -0.05) is 18.2 Å². The predicted molar refractivity (Wildman–Crippen MR) is 96.9 cm³/mol. The van der Waals surface area contributed by atoms with Crippen molar-refractivity contribution in [2.75, 3.05) is 37.9 Å². The number of nitrogens with one attached hydrogen (secondary N) is 1. The average molecular weight is 329 g/mol.